The molecule has 5 nitrogen and oxygen atoms in total. The first-order valence-corrected chi connectivity index (χ1v) is 10.1. The number of benzene rings is 2. The third-order valence-electron chi connectivity index (χ3n) is 3.99. The molecule has 0 saturated carbocycles. The quantitative estimate of drug-likeness (QED) is 0.781. The van der Waals surface area contributed by atoms with Crippen LogP contribution in [0, 0.1) is 0 Å². The maximum Gasteiger partial charge on any atom is 0.247 e. The molecule has 1 aliphatic heterocycles. The van der Waals surface area contributed by atoms with Crippen molar-refractivity contribution >= 4 is 43.2 Å². The Bertz CT molecular complexity index is 883. The molecule has 1 heterocycles. The molecule has 0 fully saturated rings. The molecule has 1 amide bonds. The Labute approximate surface area is 150 Å². The van der Waals surface area contributed by atoms with Gasteiger partial charge in [-0.25, -0.2) is 8.42 Å². The predicted octanol–water partition coefficient (Wildman–Crippen LogP) is 2.80. The van der Waals surface area contributed by atoms with Crippen molar-refractivity contribution in [2.45, 2.75) is 6.42 Å². The second kappa shape index (κ2) is 6.57. The third-order valence-corrected chi connectivity index (χ3v) is 5.79. The largest absolute Gasteiger partial charge is 0.310 e. The van der Waals surface area contributed by atoms with Crippen LogP contribution < -0.4 is 9.21 Å². The topological polar surface area (TPSA) is 57.7 Å². The third kappa shape index (κ3) is 3.32. The minimum absolute atomic E-state index is 0.226. The Hall–Kier alpha value is -1.86. The number of para-hydroxylation sites is 2. The molecule has 3 rings (SSSR count). The summed E-state index contributed by atoms with van der Waals surface area (Å²) in [6.45, 7) is 0.349. The normalized spacial score (nSPS) is 13.7. The Morgan fingerprint density at radius 1 is 1.17 bits per heavy atom. The summed E-state index contributed by atoms with van der Waals surface area (Å²) in [6.07, 6.45) is 1.90. The van der Waals surface area contributed by atoms with Gasteiger partial charge < -0.3 is 4.90 Å². The molecule has 0 aromatic heterocycles. The highest BCUT2D eigenvalue weighted by Crippen LogP contribution is 2.30. The average molecular weight is 409 g/mol. The van der Waals surface area contributed by atoms with E-state index in [4.69, 9.17) is 0 Å². The van der Waals surface area contributed by atoms with Crippen molar-refractivity contribution in [1.29, 1.82) is 0 Å². The number of carbonyl (C=O) groups is 1. The van der Waals surface area contributed by atoms with Crippen LogP contribution in [0.1, 0.15) is 5.56 Å². The standard InChI is InChI=1S/C17H17BrN2O3S/c1-24(22,23)20(16-9-5-3-7-14(16)18)12-17(21)19-11-10-13-6-2-4-8-15(13)19/h2-9H,10-12H2,1H3. The van der Waals surface area contributed by atoms with Gasteiger partial charge in [0.25, 0.3) is 0 Å². The van der Waals surface area contributed by atoms with E-state index in [1.807, 2.05) is 24.3 Å². The second-order valence-corrected chi connectivity index (χ2v) is 8.41. The number of fused-ring (bicyclic) bond motifs is 1. The van der Waals surface area contributed by atoms with Gasteiger partial charge in [0, 0.05) is 16.7 Å². The van der Waals surface area contributed by atoms with Gasteiger partial charge in [-0.15, -0.1) is 0 Å². The molecule has 1 aliphatic rings. The SMILES string of the molecule is CS(=O)(=O)N(CC(=O)N1CCc2ccccc21)c1ccccc1Br. The van der Waals surface area contributed by atoms with Crippen molar-refractivity contribution in [3.05, 3.63) is 58.6 Å². The van der Waals surface area contributed by atoms with Gasteiger partial charge in [0.2, 0.25) is 15.9 Å². The average Bonchev–Trinajstić information content (AvgIpc) is 2.96. The van der Waals surface area contributed by atoms with Gasteiger partial charge in [-0.1, -0.05) is 30.3 Å². The van der Waals surface area contributed by atoms with Crippen LogP contribution in [0.25, 0.3) is 0 Å². The van der Waals surface area contributed by atoms with E-state index in [0.717, 1.165) is 28.2 Å². The lowest BCUT2D eigenvalue weighted by molar-refractivity contribution is -0.117. The zero-order valence-corrected chi connectivity index (χ0v) is 15.5. The highest BCUT2D eigenvalue weighted by Gasteiger charge is 2.29. The number of amides is 1. The van der Waals surface area contributed by atoms with Gasteiger partial charge in [-0.05, 0) is 46.1 Å². The van der Waals surface area contributed by atoms with E-state index >= 15 is 0 Å². The fourth-order valence-corrected chi connectivity index (χ4v) is 4.32. The molecule has 0 bridgehead atoms. The molecular weight excluding hydrogens is 392 g/mol. The summed E-state index contributed by atoms with van der Waals surface area (Å²) < 4.78 is 26.2. The molecule has 2 aromatic carbocycles. The maximum absolute atomic E-state index is 12.8. The summed E-state index contributed by atoms with van der Waals surface area (Å²) in [5.74, 6) is -0.235. The highest BCUT2D eigenvalue weighted by molar-refractivity contribution is 9.10. The van der Waals surface area contributed by atoms with Gasteiger partial charge >= 0.3 is 0 Å². The van der Waals surface area contributed by atoms with Crippen molar-refractivity contribution in [1.82, 2.24) is 0 Å². The van der Waals surface area contributed by atoms with Crippen LogP contribution in [-0.2, 0) is 21.2 Å². The van der Waals surface area contributed by atoms with Gasteiger partial charge in [-0.3, -0.25) is 9.10 Å². The van der Waals surface area contributed by atoms with Gasteiger partial charge in [-0.2, -0.15) is 0 Å². The fourth-order valence-electron chi connectivity index (χ4n) is 2.84. The van der Waals surface area contributed by atoms with E-state index in [1.165, 1.54) is 0 Å². The molecule has 0 saturated heterocycles. The number of anilines is 2. The molecule has 126 valence electrons. The second-order valence-electron chi connectivity index (χ2n) is 5.65. The number of carbonyl (C=O) groups excluding carboxylic acids is 1. The minimum atomic E-state index is -3.59. The lowest BCUT2D eigenvalue weighted by atomic mass is 10.2. The van der Waals surface area contributed by atoms with E-state index in [-0.39, 0.29) is 12.5 Å². The van der Waals surface area contributed by atoms with E-state index in [0.29, 0.717) is 16.7 Å². The van der Waals surface area contributed by atoms with Gasteiger partial charge in [0.1, 0.15) is 6.54 Å². The Balaban J connectivity index is 1.90. The van der Waals surface area contributed by atoms with E-state index in [1.54, 1.807) is 29.2 Å². The lowest BCUT2D eigenvalue weighted by Crippen LogP contribution is -2.42. The van der Waals surface area contributed by atoms with Crippen LogP contribution in [0.4, 0.5) is 11.4 Å². The smallest absolute Gasteiger partial charge is 0.247 e. The van der Waals surface area contributed by atoms with Crippen molar-refractivity contribution < 1.29 is 13.2 Å². The number of nitrogens with zero attached hydrogens (tertiary/aromatic N) is 2. The zero-order valence-electron chi connectivity index (χ0n) is 13.1. The molecule has 24 heavy (non-hydrogen) atoms. The number of sulfonamides is 1. The predicted molar refractivity (Wildman–Crippen MR) is 98.8 cm³/mol. The highest BCUT2D eigenvalue weighted by atomic mass is 79.9. The van der Waals surface area contributed by atoms with Gasteiger partial charge in [0.15, 0.2) is 0 Å². The first-order valence-electron chi connectivity index (χ1n) is 7.48. The summed E-state index contributed by atoms with van der Waals surface area (Å²) in [6, 6.07) is 14.7. The van der Waals surface area contributed by atoms with Crippen molar-refractivity contribution in [2.24, 2.45) is 0 Å². The number of rotatable bonds is 4. The number of hydrogen-bond donors (Lipinski definition) is 0. The fraction of sp³-hybridized carbons (Fsp3) is 0.235. The number of hydrogen-bond acceptors (Lipinski definition) is 3. The molecule has 2 aromatic rings. The molecular formula is C17H17BrN2O3S. The van der Waals surface area contributed by atoms with Crippen LogP contribution in [0.15, 0.2) is 53.0 Å². The van der Waals surface area contributed by atoms with E-state index in [9.17, 15) is 13.2 Å². The van der Waals surface area contributed by atoms with Crippen molar-refractivity contribution in [2.75, 3.05) is 28.6 Å². The van der Waals surface area contributed by atoms with E-state index in [2.05, 4.69) is 15.9 Å². The Morgan fingerprint density at radius 3 is 2.54 bits per heavy atom. The number of halogens is 1. The van der Waals surface area contributed by atoms with Crippen LogP contribution in [0.5, 0.6) is 0 Å². The Kier molecular flexibility index (Phi) is 4.64. The maximum atomic E-state index is 12.8. The summed E-state index contributed by atoms with van der Waals surface area (Å²) in [4.78, 5) is 14.4. The van der Waals surface area contributed by atoms with Crippen molar-refractivity contribution in [3.63, 3.8) is 0 Å². The summed E-state index contributed by atoms with van der Waals surface area (Å²) in [7, 11) is -3.59. The molecule has 0 spiro atoms. The summed E-state index contributed by atoms with van der Waals surface area (Å²) >= 11 is 3.36. The molecule has 0 atom stereocenters. The van der Waals surface area contributed by atoms with Crippen LogP contribution in [-0.4, -0.2) is 33.7 Å². The van der Waals surface area contributed by atoms with Crippen LogP contribution in [0.3, 0.4) is 0 Å². The van der Waals surface area contributed by atoms with E-state index < -0.39 is 10.0 Å². The lowest BCUT2D eigenvalue weighted by Gasteiger charge is -2.26. The first-order chi connectivity index (χ1) is 11.4. The van der Waals surface area contributed by atoms with Crippen molar-refractivity contribution in [3.8, 4) is 0 Å². The zero-order chi connectivity index (χ0) is 17.3. The first kappa shape index (κ1) is 17.0. The summed E-state index contributed by atoms with van der Waals surface area (Å²) in [5.41, 5.74) is 2.43. The summed E-state index contributed by atoms with van der Waals surface area (Å²) in [5, 5.41) is 0. The van der Waals surface area contributed by atoms with Crippen LogP contribution in [0.2, 0.25) is 0 Å². The van der Waals surface area contributed by atoms with Gasteiger partial charge in [0.05, 0.1) is 11.9 Å². The molecule has 0 aliphatic carbocycles. The molecule has 0 unspecified atom stereocenters. The minimum Gasteiger partial charge on any atom is -0.310 e. The molecule has 7 heteroatoms. The molecule has 0 N–H and O–H groups in total. The van der Waals surface area contributed by atoms with Crippen LogP contribution >= 0.6 is 15.9 Å². The molecule has 0 radical (unpaired) electrons. The monoisotopic (exact) mass is 408 g/mol. The Morgan fingerprint density at radius 2 is 1.83 bits per heavy atom.